The average molecular weight is 330 g/mol. The van der Waals surface area contributed by atoms with Crippen molar-refractivity contribution >= 4 is 34.7 Å². The Hall–Kier alpha value is -1.54. The minimum absolute atomic E-state index is 0.260. The van der Waals surface area contributed by atoms with Gasteiger partial charge in [0.1, 0.15) is 5.69 Å². The minimum atomic E-state index is -4.42. The maximum atomic E-state index is 12.8. The first-order valence-electron chi connectivity index (χ1n) is 6.01. The number of thiazole rings is 1. The molecule has 1 aromatic heterocycles. The second-order valence-corrected chi connectivity index (χ2v) is 6.21. The van der Waals surface area contributed by atoms with Gasteiger partial charge in [0, 0.05) is 22.6 Å². The van der Waals surface area contributed by atoms with Crippen LogP contribution in [0.25, 0.3) is 0 Å². The molecule has 1 aliphatic rings. The molecule has 0 saturated heterocycles. The number of aromatic nitrogens is 1. The van der Waals surface area contributed by atoms with Crippen molar-refractivity contribution in [3.8, 4) is 0 Å². The Bertz CT molecular complexity index is 671. The molecule has 2 aromatic rings. The SMILES string of the molecule is O=C(c1cscn1)N1CCSc2ccc(C(F)(F)F)cc21. The van der Waals surface area contributed by atoms with E-state index in [1.807, 2.05) is 0 Å². The zero-order valence-corrected chi connectivity index (χ0v) is 12.2. The van der Waals surface area contributed by atoms with Crippen LogP contribution < -0.4 is 4.90 Å². The van der Waals surface area contributed by atoms with E-state index in [1.54, 1.807) is 5.38 Å². The molecule has 110 valence electrons. The van der Waals surface area contributed by atoms with E-state index in [1.165, 1.54) is 39.6 Å². The van der Waals surface area contributed by atoms with Crippen molar-refractivity contribution in [2.24, 2.45) is 0 Å². The van der Waals surface area contributed by atoms with Crippen LogP contribution in [-0.2, 0) is 6.18 Å². The molecule has 21 heavy (non-hydrogen) atoms. The van der Waals surface area contributed by atoms with Crippen LogP contribution in [0.1, 0.15) is 16.1 Å². The maximum Gasteiger partial charge on any atom is 0.416 e. The Morgan fingerprint density at radius 2 is 2.14 bits per heavy atom. The van der Waals surface area contributed by atoms with E-state index < -0.39 is 11.7 Å². The summed E-state index contributed by atoms with van der Waals surface area (Å²) in [7, 11) is 0. The average Bonchev–Trinajstić information content (AvgIpc) is 2.98. The third-order valence-corrected chi connectivity index (χ3v) is 4.68. The Labute approximate surface area is 126 Å². The molecular weight excluding hydrogens is 321 g/mol. The minimum Gasteiger partial charge on any atom is -0.305 e. The number of anilines is 1. The first kappa shape index (κ1) is 14.4. The molecular formula is C13H9F3N2OS2. The van der Waals surface area contributed by atoms with Gasteiger partial charge in [0.05, 0.1) is 16.8 Å². The molecule has 0 radical (unpaired) electrons. The Morgan fingerprint density at radius 1 is 1.33 bits per heavy atom. The zero-order valence-electron chi connectivity index (χ0n) is 10.6. The van der Waals surface area contributed by atoms with E-state index in [9.17, 15) is 18.0 Å². The highest BCUT2D eigenvalue weighted by atomic mass is 32.2. The summed E-state index contributed by atoms with van der Waals surface area (Å²) >= 11 is 2.72. The summed E-state index contributed by atoms with van der Waals surface area (Å²) in [5.74, 6) is 0.283. The molecule has 2 heterocycles. The molecule has 0 saturated carbocycles. The lowest BCUT2D eigenvalue weighted by molar-refractivity contribution is -0.137. The van der Waals surface area contributed by atoms with E-state index >= 15 is 0 Å². The smallest absolute Gasteiger partial charge is 0.305 e. The van der Waals surface area contributed by atoms with Crippen molar-refractivity contribution in [2.75, 3.05) is 17.2 Å². The number of carbonyl (C=O) groups excluding carboxylic acids is 1. The topological polar surface area (TPSA) is 33.2 Å². The highest BCUT2D eigenvalue weighted by Crippen LogP contribution is 2.40. The normalized spacial score (nSPS) is 14.9. The number of halogens is 3. The van der Waals surface area contributed by atoms with Crippen molar-refractivity contribution < 1.29 is 18.0 Å². The van der Waals surface area contributed by atoms with Crippen molar-refractivity contribution in [1.82, 2.24) is 4.98 Å². The lowest BCUT2D eigenvalue weighted by atomic mass is 10.1. The molecule has 0 aliphatic carbocycles. The molecule has 8 heteroatoms. The standard InChI is InChI=1S/C13H9F3N2OS2/c14-13(15,16)8-1-2-11-10(5-8)18(3-4-21-11)12(19)9-6-20-7-17-9/h1-2,5-7H,3-4H2. The van der Waals surface area contributed by atoms with E-state index in [0.29, 0.717) is 22.9 Å². The van der Waals surface area contributed by atoms with Crippen LogP contribution in [0.4, 0.5) is 18.9 Å². The summed E-state index contributed by atoms with van der Waals surface area (Å²) < 4.78 is 38.5. The number of benzene rings is 1. The number of alkyl halides is 3. The molecule has 0 atom stereocenters. The fraction of sp³-hybridized carbons (Fsp3) is 0.231. The van der Waals surface area contributed by atoms with Crippen LogP contribution in [0.3, 0.4) is 0 Å². The monoisotopic (exact) mass is 330 g/mol. The number of thioether (sulfide) groups is 1. The van der Waals surface area contributed by atoms with Crippen molar-refractivity contribution in [3.05, 3.63) is 40.3 Å². The third-order valence-electron chi connectivity index (χ3n) is 3.05. The number of amides is 1. The second-order valence-electron chi connectivity index (χ2n) is 4.36. The number of nitrogens with zero attached hydrogens (tertiary/aromatic N) is 2. The van der Waals surface area contributed by atoms with E-state index in [2.05, 4.69) is 4.98 Å². The molecule has 0 N–H and O–H groups in total. The Balaban J connectivity index is 2.02. The van der Waals surface area contributed by atoms with Crippen LogP contribution in [-0.4, -0.2) is 23.2 Å². The molecule has 3 nitrogen and oxygen atoms in total. The van der Waals surface area contributed by atoms with Gasteiger partial charge in [-0.2, -0.15) is 13.2 Å². The van der Waals surface area contributed by atoms with Crippen molar-refractivity contribution in [2.45, 2.75) is 11.1 Å². The van der Waals surface area contributed by atoms with Gasteiger partial charge >= 0.3 is 6.18 Å². The fourth-order valence-corrected chi connectivity index (χ4v) is 3.56. The fourth-order valence-electron chi connectivity index (χ4n) is 2.06. The predicted molar refractivity (Wildman–Crippen MR) is 76.0 cm³/mol. The number of carbonyl (C=O) groups is 1. The van der Waals surface area contributed by atoms with Crippen LogP contribution in [0.15, 0.2) is 34.0 Å². The van der Waals surface area contributed by atoms with Gasteiger partial charge < -0.3 is 4.90 Å². The number of hydrogen-bond donors (Lipinski definition) is 0. The van der Waals surface area contributed by atoms with Gasteiger partial charge in [0.2, 0.25) is 0 Å². The summed E-state index contributed by atoms with van der Waals surface area (Å²) in [6, 6.07) is 3.50. The van der Waals surface area contributed by atoms with Crippen LogP contribution in [0.5, 0.6) is 0 Å². The molecule has 3 rings (SSSR count). The van der Waals surface area contributed by atoms with Gasteiger partial charge in [-0.1, -0.05) is 0 Å². The summed E-state index contributed by atoms with van der Waals surface area (Å²) in [5.41, 5.74) is 1.34. The van der Waals surface area contributed by atoms with Gasteiger partial charge in [-0.15, -0.1) is 23.1 Å². The highest BCUT2D eigenvalue weighted by Gasteiger charge is 2.33. The molecule has 0 unspecified atom stereocenters. The van der Waals surface area contributed by atoms with Gasteiger partial charge in [-0.25, -0.2) is 4.98 Å². The van der Waals surface area contributed by atoms with Crippen molar-refractivity contribution in [1.29, 1.82) is 0 Å². The molecule has 0 bridgehead atoms. The lowest BCUT2D eigenvalue weighted by Gasteiger charge is -2.29. The van der Waals surface area contributed by atoms with Gasteiger partial charge in [-0.05, 0) is 18.2 Å². The Morgan fingerprint density at radius 3 is 2.81 bits per heavy atom. The molecule has 1 aliphatic heterocycles. The molecule has 0 spiro atoms. The molecule has 0 fully saturated rings. The van der Waals surface area contributed by atoms with Crippen LogP contribution in [0.2, 0.25) is 0 Å². The second kappa shape index (κ2) is 5.34. The summed E-state index contributed by atoms with van der Waals surface area (Å²) in [6.45, 7) is 0.370. The first-order valence-corrected chi connectivity index (χ1v) is 7.94. The highest BCUT2D eigenvalue weighted by molar-refractivity contribution is 7.99. The van der Waals surface area contributed by atoms with E-state index in [-0.39, 0.29) is 11.6 Å². The number of fused-ring (bicyclic) bond motifs is 1. The van der Waals surface area contributed by atoms with Gasteiger partial charge in [-0.3, -0.25) is 4.79 Å². The van der Waals surface area contributed by atoms with Crippen LogP contribution >= 0.6 is 23.1 Å². The quantitative estimate of drug-likeness (QED) is 0.795. The number of rotatable bonds is 1. The van der Waals surface area contributed by atoms with E-state index in [4.69, 9.17) is 0 Å². The van der Waals surface area contributed by atoms with Gasteiger partial charge in [0.15, 0.2) is 0 Å². The molecule has 1 aromatic carbocycles. The maximum absolute atomic E-state index is 12.8. The van der Waals surface area contributed by atoms with E-state index in [0.717, 1.165) is 12.1 Å². The Kier molecular flexibility index (Phi) is 3.66. The largest absolute Gasteiger partial charge is 0.416 e. The molecule has 1 amide bonds. The summed E-state index contributed by atoms with van der Waals surface area (Å²) in [5, 5.41) is 1.59. The number of hydrogen-bond acceptors (Lipinski definition) is 4. The van der Waals surface area contributed by atoms with Crippen LogP contribution in [0, 0.1) is 0 Å². The third kappa shape index (κ3) is 2.77. The first-order chi connectivity index (χ1) is 9.97. The summed E-state index contributed by atoms with van der Waals surface area (Å²) in [6.07, 6.45) is -4.42. The van der Waals surface area contributed by atoms with Gasteiger partial charge in [0.25, 0.3) is 5.91 Å². The zero-order chi connectivity index (χ0) is 15.0. The lowest BCUT2D eigenvalue weighted by Crippen LogP contribution is -2.35. The predicted octanol–water partition coefficient (Wildman–Crippen LogP) is 3.91. The van der Waals surface area contributed by atoms with Crippen molar-refractivity contribution in [3.63, 3.8) is 0 Å². The summed E-state index contributed by atoms with van der Waals surface area (Å²) in [4.78, 5) is 18.3.